The normalized spacial score (nSPS) is 11.4. The van der Waals surface area contributed by atoms with Crippen LogP contribution in [0.4, 0.5) is 0 Å². The van der Waals surface area contributed by atoms with E-state index in [0.29, 0.717) is 6.54 Å². The third-order valence-electron chi connectivity index (χ3n) is 4.59. The largest absolute Gasteiger partial charge is 0.481 e. The van der Waals surface area contributed by atoms with Crippen LogP contribution >= 0.6 is 0 Å². The Morgan fingerprint density at radius 1 is 1.08 bits per heavy atom. The van der Waals surface area contributed by atoms with Crippen LogP contribution in [-0.2, 0) is 17.9 Å². The number of aliphatic carboxylic acids is 1. The lowest BCUT2D eigenvalue weighted by Crippen LogP contribution is -2.26. The van der Waals surface area contributed by atoms with E-state index >= 15 is 0 Å². The first kappa shape index (κ1) is 16.1. The van der Waals surface area contributed by atoms with Crippen LogP contribution in [0.2, 0.25) is 0 Å². The number of carbonyl (C=O) groups is 1. The lowest BCUT2D eigenvalue weighted by Gasteiger charge is -2.06. The quantitative estimate of drug-likeness (QED) is 0.599. The fourth-order valence-corrected chi connectivity index (χ4v) is 3.40. The fourth-order valence-electron chi connectivity index (χ4n) is 3.40. The van der Waals surface area contributed by atoms with E-state index in [-0.39, 0.29) is 18.7 Å². The number of pyridine rings is 1. The Kier molecular flexibility index (Phi) is 3.84. The van der Waals surface area contributed by atoms with Crippen molar-refractivity contribution in [3.05, 3.63) is 70.5 Å². The molecule has 7 nitrogen and oxygen atoms in total. The van der Waals surface area contributed by atoms with Crippen molar-refractivity contribution in [3.8, 4) is 0 Å². The van der Waals surface area contributed by atoms with Gasteiger partial charge < -0.3 is 5.11 Å². The molecule has 1 aromatic carbocycles. The van der Waals surface area contributed by atoms with Gasteiger partial charge in [0.25, 0.3) is 0 Å². The molecule has 0 aliphatic carbocycles. The van der Waals surface area contributed by atoms with Crippen LogP contribution in [0.15, 0.2) is 53.5 Å². The minimum Gasteiger partial charge on any atom is -0.481 e. The number of aryl methyl sites for hydroxylation is 2. The minimum atomic E-state index is -0.925. The van der Waals surface area contributed by atoms with Gasteiger partial charge in [-0.15, -0.1) is 0 Å². The van der Waals surface area contributed by atoms with Crippen LogP contribution in [-0.4, -0.2) is 29.6 Å². The van der Waals surface area contributed by atoms with Crippen LogP contribution in [0.3, 0.4) is 0 Å². The highest BCUT2D eigenvalue weighted by Crippen LogP contribution is 2.17. The predicted molar refractivity (Wildman–Crippen MR) is 97.5 cm³/mol. The van der Waals surface area contributed by atoms with E-state index < -0.39 is 5.97 Å². The molecule has 0 saturated carbocycles. The topological polar surface area (TPSA) is 81.5 Å². The molecule has 0 saturated heterocycles. The summed E-state index contributed by atoms with van der Waals surface area (Å²) in [4.78, 5) is 28.3. The monoisotopic (exact) mass is 350 g/mol. The van der Waals surface area contributed by atoms with Crippen molar-refractivity contribution >= 4 is 22.6 Å². The van der Waals surface area contributed by atoms with Crippen LogP contribution < -0.4 is 5.69 Å². The average Bonchev–Trinajstić information content (AvgIpc) is 3.15. The van der Waals surface area contributed by atoms with Crippen molar-refractivity contribution in [1.29, 1.82) is 0 Å². The van der Waals surface area contributed by atoms with E-state index in [4.69, 9.17) is 5.11 Å². The van der Waals surface area contributed by atoms with Gasteiger partial charge >= 0.3 is 11.7 Å². The number of hydrogen-bond donors (Lipinski definition) is 1. The summed E-state index contributed by atoms with van der Waals surface area (Å²) in [5.74, 6) is -0.925. The molecule has 3 heterocycles. The smallest absolute Gasteiger partial charge is 0.329 e. The molecule has 0 spiro atoms. The maximum absolute atomic E-state index is 13.0. The van der Waals surface area contributed by atoms with Gasteiger partial charge in [0.15, 0.2) is 0 Å². The molecule has 132 valence electrons. The standard InChI is InChI=1S/C19H18N4O3/c1-13-5-4-8-17-20-11-14(23(13)17)12-22-16-7-3-2-6-15(16)21(19(22)26)10-9-18(24)25/h2-8,11H,9-10,12H2,1H3,(H,24,25). The van der Waals surface area contributed by atoms with Crippen LogP contribution in [0, 0.1) is 6.92 Å². The molecule has 0 radical (unpaired) electrons. The first-order valence-electron chi connectivity index (χ1n) is 8.38. The van der Waals surface area contributed by atoms with Crippen LogP contribution in [0.1, 0.15) is 17.8 Å². The lowest BCUT2D eigenvalue weighted by molar-refractivity contribution is -0.137. The number of imidazole rings is 2. The van der Waals surface area contributed by atoms with E-state index in [1.54, 1.807) is 10.8 Å². The molecule has 1 N–H and O–H groups in total. The molecule has 0 bridgehead atoms. The lowest BCUT2D eigenvalue weighted by atomic mass is 10.3. The Morgan fingerprint density at radius 3 is 2.54 bits per heavy atom. The molecule has 4 aromatic rings. The number of fused-ring (bicyclic) bond motifs is 2. The third kappa shape index (κ3) is 2.57. The number of carboxylic acids is 1. The molecule has 7 heteroatoms. The van der Waals surface area contributed by atoms with Crippen molar-refractivity contribution in [3.63, 3.8) is 0 Å². The highest BCUT2D eigenvalue weighted by Gasteiger charge is 2.15. The second-order valence-electron chi connectivity index (χ2n) is 6.26. The number of rotatable bonds is 5. The number of para-hydroxylation sites is 2. The van der Waals surface area contributed by atoms with Gasteiger partial charge in [-0.2, -0.15) is 0 Å². The molecule has 0 aliphatic rings. The fraction of sp³-hybridized carbons (Fsp3) is 0.211. The zero-order chi connectivity index (χ0) is 18.3. The van der Waals surface area contributed by atoms with E-state index in [1.807, 2.05) is 53.8 Å². The predicted octanol–water partition coefficient (Wildman–Crippen LogP) is 2.28. The van der Waals surface area contributed by atoms with Crippen LogP contribution in [0.25, 0.3) is 16.7 Å². The Balaban J connectivity index is 1.85. The van der Waals surface area contributed by atoms with Gasteiger partial charge in [0.05, 0.1) is 35.9 Å². The van der Waals surface area contributed by atoms with Gasteiger partial charge in [-0.05, 0) is 31.2 Å². The molecule has 0 aliphatic heterocycles. The Hall–Kier alpha value is -3.35. The summed E-state index contributed by atoms with van der Waals surface area (Å²) in [6.45, 7) is 2.51. The van der Waals surface area contributed by atoms with Crippen LogP contribution in [0.5, 0.6) is 0 Å². The molecule has 0 amide bonds. The Bertz CT molecular complexity index is 1180. The number of aromatic nitrogens is 4. The van der Waals surface area contributed by atoms with Gasteiger partial charge in [-0.25, -0.2) is 9.78 Å². The third-order valence-corrected chi connectivity index (χ3v) is 4.59. The summed E-state index contributed by atoms with van der Waals surface area (Å²) in [5, 5.41) is 8.97. The molecular formula is C19H18N4O3. The SMILES string of the molecule is Cc1cccc2ncc(Cn3c(=O)n(CCC(=O)O)c4ccccc43)n12. The highest BCUT2D eigenvalue weighted by molar-refractivity contribution is 5.76. The van der Waals surface area contributed by atoms with E-state index in [0.717, 1.165) is 28.1 Å². The average molecular weight is 350 g/mol. The maximum atomic E-state index is 13.0. The molecule has 0 unspecified atom stereocenters. The van der Waals surface area contributed by atoms with Gasteiger partial charge in [-0.1, -0.05) is 18.2 Å². The Labute approximate surface area is 148 Å². The number of benzene rings is 1. The van der Waals surface area contributed by atoms with Crippen molar-refractivity contribution < 1.29 is 9.90 Å². The molecular weight excluding hydrogens is 332 g/mol. The highest BCUT2D eigenvalue weighted by atomic mass is 16.4. The first-order chi connectivity index (χ1) is 12.6. The summed E-state index contributed by atoms with van der Waals surface area (Å²) in [6.07, 6.45) is 1.68. The summed E-state index contributed by atoms with van der Waals surface area (Å²) in [6, 6.07) is 13.3. The van der Waals surface area contributed by atoms with Gasteiger partial charge in [0, 0.05) is 12.2 Å². The minimum absolute atomic E-state index is 0.0946. The van der Waals surface area contributed by atoms with E-state index in [2.05, 4.69) is 4.98 Å². The molecule has 0 fully saturated rings. The molecule has 0 atom stereocenters. The van der Waals surface area contributed by atoms with E-state index in [1.165, 1.54) is 4.57 Å². The number of nitrogens with zero attached hydrogens (tertiary/aromatic N) is 4. The van der Waals surface area contributed by atoms with E-state index in [9.17, 15) is 9.59 Å². The summed E-state index contributed by atoms with van der Waals surface area (Å²) in [7, 11) is 0. The van der Waals surface area contributed by atoms with Gasteiger partial charge in [-0.3, -0.25) is 18.3 Å². The summed E-state index contributed by atoms with van der Waals surface area (Å²) < 4.78 is 5.22. The van der Waals surface area contributed by atoms with Gasteiger partial charge in [0.2, 0.25) is 0 Å². The van der Waals surface area contributed by atoms with Gasteiger partial charge in [0.1, 0.15) is 5.65 Å². The summed E-state index contributed by atoms with van der Waals surface area (Å²) in [5.41, 5.74) is 4.09. The van der Waals surface area contributed by atoms with Crippen molar-refractivity contribution in [1.82, 2.24) is 18.5 Å². The number of hydrogen-bond acceptors (Lipinski definition) is 3. The van der Waals surface area contributed by atoms with Crippen molar-refractivity contribution in [2.75, 3.05) is 0 Å². The zero-order valence-corrected chi connectivity index (χ0v) is 14.3. The van der Waals surface area contributed by atoms with Crippen molar-refractivity contribution in [2.24, 2.45) is 0 Å². The molecule has 4 rings (SSSR count). The zero-order valence-electron chi connectivity index (χ0n) is 14.3. The second-order valence-corrected chi connectivity index (χ2v) is 6.26. The second kappa shape index (κ2) is 6.18. The maximum Gasteiger partial charge on any atom is 0.329 e. The molecule has 26 heavy (non-hydrogen) atoms. The molecule has 3 aromatic heterocycles. The number of carboxylic acid groups (broad SMARTS) is 1. The first-order valence-corrected chi connectivity index (χ1v) is 8.38. The van der Waals surface area contributed by atoms with Crippen molar-refractivity contribution in [2.45, 2.75) is 26.4 Å². The summed E-state index contributed by atoms with van der Waals surface area (Å²) >= 11 is 0. The Morgan fingerprint density at radius 2 is 1.81 bits per heavy atom.